The van der Waals surface area contributed by atoms with Crippen molar-refractivity contribution in [2.75, 3.05) is 13.7 Å². The second-order valence-corrected chi connectivity index (χ2v) is 4.61. The normalized spacial score (nSPS) is 14.8. The van der Waals surface area contributed by atoms with Crippen molar-refractivity contribution in [3.8, 4) is 11.8 Å². The summed E-state index contributed by atoms with van der Waals surface area (Å²) in [5.74, 6) is 5.86. The minimum Gasteiger partial charge on any atom is -0.465 e. The molecule has 20 heavy (non-hydrogen) atoms. The van der Waals surface area contributed by atoms with Gasteiger partial charge in [-0.1, -0.05) is 32.1 Å². The Labute approximate surface area is 121 Å². The van der Waals surface area contributed by atoms with Gasteiger partial charge in [0.1, 0.15) is 0 Å². The van der Waals surface area contributed by atoms with E-state index in [4.69, 9.17) is 0 Å². The third-order valence-corrected chi connectivity index (χ3v) is 3.39. The zero-order chi connectivity index (χ0) is 15.0. The van der Waals surface area contributed by atoms with Crippen LogP contribution in [0.5, 0.6) is 0 Å². The average molecular weight is 274 g/mol. The first kappa shape index (κ1) is 16.3. The van der Waals surface area contributed by atoms with E-state index in [1.807, 2.05) is 13.8 Å². The summed E-state index contributed by atoms with van der Waals surface area (Å²) >= 11 is 0. The Morgan fingerprint density at radius 1 is 1.30 bits per heavy atom. The molecule has 0 atom stereocenters. The molecule has 0 radical (unpaired) electrons. The third-order valence-electron chi connectivity index (χ3n) is 3.39. The summed E-state index contributed by atoms with van der Waals surface area (Å²) in [6, 6.07) is 6.98. The molecule has 3 nitrogen and oxygen atoms in total. The number of hydrogen-bond donors (Lipinski definition) is 1. The van der Waals surface area contributed by atoms with Crippen molar-refractivity contribution in [3.05, 3.63) is 35.4 Å². The predicted molar refractivity (Wildman–Crippen MR) is 79.4 cm³/mol. The van der Waals surface area contributed by atoms with E-state index in [9.17, 15) is 9.90 Å². The maximum absolute atomic E-state index is 11.3. The Bertz CT molecular complexity index is 482. The molecule has 0 aromatic heterocycles. The Morgan fingerprint density at radius 3 is 2.30 bits per heavy atom. The van der Waals surface area contributed by atoms with Crippen LogP contribution >= 0.6 is 0 Å². The molecular weight excluding hydrogens is 252 g/mol. The number of esters is 1. The van der Waals surface area contributed by atoms with Crippen molar-refractivity contribution in [1.82, 2.24) is 0 Å². The third kappa shape index (κ3) is 3.85. The van der Waals surface area contributed by atoms with Gasteiger partial charge in [-0.3, -0.25) is 0 Å². The number of rotatable bonds is 2. The van der Waals surface area contributed by atoms with Gasteiger partial charge in [0.2, 0.25) is 0 Å². The number of methoxy groups -OCH3 is 1. The molecule has 1 fully saturated rings. The van der Waals surface area contributed by atoms with E-state index in [2.05, 4.69) is 16.6 Å². The highest BCUT2D eigenvalue weighted by Crippen LogP contribution is 2.39. The fraction of sp³-hybridized carbons (Fsp3) is 0.471. The number of aliphatic hydroxyl groups is 1. The van der Waals surface area contributed by atoms with Crippen LogP contribution in [0.3, 0.4) is 0 Å². The van der Waals surface area contributed by atoms with Gasteiger partial charge in [-0.15, -0.1) is 0 Å². The van der Waals surface area contributed by atoms with Crippen LogP contribution < -0.4 is 0 Å². The minimum absolute atomic E-state index is 0.125. The standard InChI is InChI=1S/C15H16O3.C2H6/c1-18-14(17)13-5-3-12(4-6-13)7-10-15(11-16)8-2-9-15;1-2/h3-6,16H,2,8-9,11H2,1H3;1-2H3. The molecule has 0 amide bonds. The molecule has 3 heteroatoms. The molecule has 0 heterocycles. The minimum atomic E-state index is -0.347. The van der Waals surface area contributed by atoms with Gasteiger partial charge in [0.25, 0.3) is 0 Å². The van der Waals surface area contributed by atoms with E-state index < -0.39 is 0 Å². The molecule has 0 saturated heterocycles. The number of ether oxygens (including phenoxy) is 1. The first-order valence-electron chi connectivity index (χ1n) is 7.01. The number of aliphatic hydroxyl groups excluding tert-OH is 1. The summed E-state index contributed by atoms with van der Waals surface area (Å²) in [7, 11) is 1.36. The summed E-state index contributed by atoms with van der Waals surface area (Å²) in [5.41, 5.74) is 1.17. The lowest BCUT2D eigenvalue weighted by Gasteiger charge is -2.35. The Kier molecular flexibility index (Phi) is 6.27. The molecule has 1 aromatic carbocycles. The molecule has 1 N–H and O–H groups in total. The zero-order valence-corrected chi connectivity index (χ0v) is 12.4. The smallest absolute Gasteiger partial charge is 0.337 e. The molecule has 0 spiro atoms. The SMILES string of the molecule is CC.COC(=O)c1ccc(C#CC2(CO)CCC2)cc1. The highest BCUT2D eigenvalue weighted by molar-refractivity contribution is 5.89. The summed E-state index contributed by atoms with van der Waals surface area (Å²) in [5, 5.41) is 9.30. The maximum Gasteiger partial charge on any atom is 0.337 e. The highest BCUT2D eigenvalue weighted by Gasteiger charge is 2.34. The first-order chi connectivity index (χ1) is 9.69. The molecule has 2 rings (SSSR count). The Morgan fingerprint density at radius 2 is 1.90 bits per heavy atom. The average Bonchev–Trinajstić information content (AvgIpc) is 2.48. The van der Waals surface area contributed by atoms with E-state index >= 15 is 0 Å². The van der Waals surface area contributed by atoms with E-state index in [0.29, 0.717) is 5.56 Å². The number of carbonyl (C=O) groups is 1. The Hall–Kier alpha value is -1.79. The van der Waals surface area contributed by atoms with Gasteiger partial charge in [0.05, 0.1) is 24.7 Å². The molecule has 1 aliphatic carbocycles. The van der Waals surface area contributed by atoms with E-state index in [0.717, 1.165) is 24.8 Å². The lowest BCUT2D eigenvalue weighted by Crippen LogP contribution is -2.31. The number of benzene rings is 1. The topological polar surface area (TPSA) is 46.5 Å². The highest BCUT2D eigenvalue weighted by atomic mass is 16.5. The van der Waals surface area contributed by atoms with Crippen molar-refractivity contribution in [2.24, 2.45) is 5.41 Å². The van der Waals surface area contributed by atoms with Gasteiger partial charge in [-0.2, -0.15) is 0 Å². The summed E-state index contributed by atoms with van der Waals surface area (Å²) < 4.78 is 4.63. The van der Waals surface area contributed by atoms with Crippen molar-refractivity contribution in [3.63, 3.8) is 0 Å². The quantitative estimate of drug-likeness (QED) is 0.666. The van der Waals surface area contributed by atoms with Gasteiger partial charge in [0.15, 0.2) is 0 Å². The number of hydrogen-bond acceptors (Lipinski definition) is 3. The maximum atomic E-state index is 11.3. The second kappa shape index (κ2) is 7.72. The van der Waals surface area contributed by atoms with Crippen molar-refractivity contribution < 1.29 is 14.6 Å². The fourth-order valence-electron chi connectivity index (χ4n) is 1.94. The summed E-state index contributed by atoms with van der Waals surface area (Å²) in [6.45, 7) is 4.13. The van der Waals surface area contributed by atoms with Gasteiger partial charge in [0, 0.05) is 5.56 Å². The second-order valence-electron chi connectivity index (χ2n) is 4.61. The number of carbonyl (C=O) groups excluding carboxylic acids is 1. The zero-order valence-electron chi connectivity index (χ0n) is 12.4. The fourth-order valence-corrected chi connectivity index (χ4v) is 1.94. The lowest BCUT2D eigenvalue weighted by atomic mass is 9.70. The van der Waals surface area contributed by atoms with Crippen molar-refractivity contribution in [2.45, 2.75) is 33.1 Å². The van der Waals surface area contributed by atoms with Crippen LogP contribution in [0.15, 0.2) is 24.3 Å². The molecule has 0 aliphatic heterocycles. The van der Waals surface area contributed by atoms with Crippen LogP contribution in [0.1, 0.15) is 49.0 Å². The van der Waals surface area contributed by atoms with Crippen LogP contribution in [0.25, 0.3) is 0 Å². The summed E-state index contributed by atoms with van der Waals surface area (Å²) in [6.07, 6.45) is 3.07. The molecule has 1 aromatic rings. The van der Waals surface area contributed by atoms with E-state index in [1.54, 1.807) is 24.3 Å². The van der Waals surface area contributed by atoms with E-state index in [-0.39, 0.29) is 18.0 Å². The molecule has 1 saturated carbocycles. The largest absolute Gasteiger partial charge is 0.465 e. The monoisotopic (exact) mass is 274 g/mol. The van der Waals surface area contributed by atoms with Gasteiger partial charge >= 0.3 is 5.97 Å². The van der Waals surface area contributed by atoms with E-state index in [1.165, 1.54) is 7.11 Å². The summed E-state index contributed by atoms with van der Waals surface area (Å²) in [4.78, 5) is 11.3. The molecular formula is C17H22O3. The predicted octanol–water partition coefficient (Wildman–Crippen LogP) is 3.01. The van der Waals surface area contributed by atoms with Crippen LogP contribution in [-0.4, -0.2) is 24.8 Å². The molecule has 0 unspecified atom stereocenters. The van der Waals surface area contributed by atoms with Crippen molar-refractivity contribution in [1.29, 1.82) is 0 Å². The van der Waals surface area contributed by atoms with Crippen LogP contribution in [0.4, 0.5) is 0 Å². The Balaban J connectivity index is 0.000000956. The lowest BCUT2D eigenvalue weighted by molar-refractivity contribution is 0.0600. The van der Waals surface area contributed by atoms with Crippen molar-refractivity contribution >= 4 is 5.97 Å². The van der Waals surface area contributed by atoms with Gasteiger partial charge in [-0.25, -0.2) is 4.79 Å². The van der Waals surface area contributed by atoms with Crippen LogP contribution in [0.2, 0.25) is 0 Å². The van der Waals surface area contributed by atoms with Crippen LogP contribution in [-0.2, 0) is 4.74 Å². The van der Waals surface area contributed by atoms with Crippen LogP contribution in [0, 0.1) is 17.3 Å². The molecule has 0 bridgehead atoms. The molecule has 1 aliphatic rings. The first-order valence-corrected chi connectivity index (χ1v) is 7.01. The molecule has 108 valence electrons. The van der Waals surface area contributed by atoms with Gasteiger partial charge in [-0.05, 0) is 37.1 Å². The van der Waals surface area contributed by atoms with Gasteiger partial charge < -0.3 is 9.84 Å².